The van der Waals surface area contributed by atoms with Gasteiger partial charge in [0, 0.05) is 12.5 Å². The molecular formula is C19H30ClN8O5P. The maximum atomic E-state index is 9.85. The van der Waals surface area contributed by atoms with Crippen molar-refractivity contribution in [3.8, 4) is 0 Å². The van der Waals surface area contributed by atoms with Crippen LogP contribution in [-0.2, 0) is 9.47 Å². The number of hydrazone groups is 1. The Hall–Kier alpha value is -1.86. The first-order valence-electron chi connectivity index (χ1n) is 11.1. The van der Waals surface area contributed by atoms with Gasteiger partial charge in [-0.3, -0.25) is 0 Å². The molecule has 15 heteroatoms. The second-order valence-electron chi connectivity index (χ2n) is 8.59. The van der Waals surface area contributed by atoms with Gasteiger partial charge in [0.2, 0.25) is 13.7 Å². The van der Waals surface area contributed by atoms with Crippen LogP contribution in [0.1, 0.15) is 51.2 Å². The number of aliphatic hydroxyl groups excluding tert-OH is 1. The molecule has 8 N–H and O–H groups in total. The number of aliphatic hydroxyl groups is 1. The number of anilines is 1. The third-order valence-electron chi connectivity index (χ3n) is 6.25. The summed E-state index contributed by atoms with van der Waals surface area (Å²) in [6, 6.07) is 0.357. The lowest BCUT2D eigenvalue weighted by Crippen LogP contribution is -2.41. The van der Waals surface area contributed by atoms with Crippen molar-refractivity contribution in [2.45, 2.75) is 68.7 Å². The minimum atomic E-state index is -2.69. The molecular weight excluding hydrogens is 487 g/mol. The highest BCUT2D eigenvalue weighted by Crippen LogP contribution is 2.46. The summed E-state index contributed by atoms with van der Waals surface area (Å²) in [4.78, 5) is 28.4. The zero-order valence-corrected chi connectivity index (χ0v) is 20.2. The minimum Gasteiger partial charge on any atom is -0.393 e. The number of nitrogens with two attached hydrogens (primary N) is 2. The van der Waals surface area contributed by atoms with Crippen molar-refractivity contribution >= 4 is 42.7 Å². The van der Waals surface area contributed by atoms with Gasteiger partial charge in [0.05, 0.1) is 30.9 Å². The number of amidine groups is 1. The standard InChI is InChI=1S/C19H30ClN8O5P/c20-18-25-16(24-11-3-1-2-4-11)13-8-23-28(17(13)26-18)15-6-5-12(33-15)9-32-19(10-29,34(30)31)7-14(21)27-22/h8,11-12,15,29-31H,1-7,9-10,22H2,(H2,21,27)(H,24,25,26). The summed E-state index contributed by atoms with van der Waals surface area (Å²) in [7, 11) is -2.69. The Balaban J connectivity index is 1.45. The Morgan fingerprint density at radius 2 is 2.09 bits per heavy atom. The van der Waals surface area contributed by atoms with Crippen molar-refractivity contribution in [2.75, 3.05) is 18.5 Å². The Morgan fingerprint density at radius 3 is 2.76 bits per heavy atom. The first-order valence-corrected chi connectivity index (χ1v) is 12.8. The number of rotatable bonds is 10. The van der Waals surface area contributed by atoms with E-state index in [9.17, 15) is 14.9 Å². The van der Waals surface area contributed by atoms with Crippen LogP contribution in [0.5, 0.6) is 0 Å². The molecule has 0 amide bonds. The average molecular weight is 517 g/mol. The monoisotopic (exact) mass is 516 g/mol. The zero-order valence-electron chi connectivity index (χ0n) is 18.5. The number of aromatic nitrogens is 4. The molecule has 1 saturated carbocycles. The number of hydrogen-bond donors (Lipinski definition) is 6. The first-order chi connectivity index (χ1) is 16.3. The fourth-order valence-electron chi connectivity index (χ4n) is 4.39. The molecule has 2 fully saturated rings. The summed E-state index contributed by atoms with van der Waals surface area (Å²) in [5.74, 6) is 5.74. The third-order valence-corrected chi connectivity index (χ3v) is 7.58. The number of halogens is 1. The molecule has 13 nitrogen and oxygen atoms in total. The molecule has 4 rings (SSSR count). The number of nitrogens with zero attached hydrogens (tertiary/aromatic N) is 5. The molecule has 3 heterocycles. The summed E-state index contributed by atoms with van der Waals surface area (Å²) in [6.07, 6.45) is 6.48. The van der Waals surface area contributed by atoms with E-state index in [1.165, 1.54) is 12.8 Å². The smallest absolute Gasteiger partial charge is 0.226 e. The van der Waals surface area contributed by atoms with Crippen molar-refractivity contribution in [1.82, 2.24) is 19.7 Å². The maximum Gasteiger partial charge on any atom is 0.226 e. The maximum absolute atomic E-state index is 9.85. The molecule has 3 unspecified atom stereocenters. The summed E-state index contributed by atoms with van der Waals surface area (Å²) in [5.41, 5.74) is 6.19. The van der Waals surface area contributed by atoms with Crippen molar-refractivity contribution in [3.05, 3.63) is 11.5 Å². The van der Waals surface area contributed by atoms with Crippen LogP contribution in [0, 0.1) is 0 Å². The molecule has 2 aliphatic rings. The van der Waals surface area contributed by atoms with Crippen LogP contribution in [0.4, 0.5) is 5.82 Å². The molecule has 0 spiro atoms. The van der Waals surface area contributed by atoms with E-state index in [0.717, 1.165) is 18.2 Å². The lowest BCUT2D eigenvalue weighted by atomic mass is 10.2. The molecule has 188 valence electrons. The predicted molar refractivity (Wildman–Crippen MR) is 127 cm³/mol. The molecule has 0 bridgehead atoms. The molecule has 1 aliphatic heterocycles. The number of fused-ring (bicyclic) bond motifs is 1. The van der Waals surface area contributed by atoms with Crippen LogP contribution in [0.15, 0.2) is 11.3 Å². The number of ether oxygens (including phenoxy) is 2. The summed E-state index contributed by atoms with van der Waals surface area (Å²) >= 11 is 6.21. The zero-order chi connectivity index (χ0) is 24.3. The molecule has 2 aromatic rings. The average Bonchev–Trinajstić information content (AvgIpc) is 3.57. The highest BCUT2D eigenvalue weighted by molar-refractivity contribution is 7.46. The van der Waals surface area contributed by atoms with E-state index in [-0.39, 0.29) is 30.3 Å². The van der Waals surface area contributed by atoms with Gasteiger partial charge in [0.25, 0.3) is 0 Å². The Labute approximate surface area is 202 Å². The van der Waals surface area contributed by atoms with Crippen LogP contribution in [0.3, 0.4) is 0 Å². The molecule has 1 aliphatic carbocycles. The third kappa shape index (κ3) is 5.35. The molecule has 34 heavy (non-hydrogen) atoms. The van der Waals surface area contributed by atoms with Gasteiger partial charge >= 0.3 is 0 Å². The number of hydrogen-bond acceptors (Lipinski definition) is 11. The normalized spacial score (nSPS) is 23.7. The molecule has 3 atom stereocenters. The van der Waals surface area contributed by atoms with Gasteiger partial charge in [-0.2, -0.15) is 20.2 Å². The molecule has 2 aromatic heterocycles. The van der Waals surface area contributed by atoms with Gasteiger partial charge in [-0.15, -0.1) is 0 Å². The fraction of sp³-hybridized carbons (Fsp3) is 0.684. The van der Waals surface area contributed by atoms with Gasteiger partial charge in [0.1, 0.15) is 11.7 Å². The number of nitrogens with one attached hydrogen (secondary N) is 1. The largest absolute Gasteiger partial charge is 0.393 e. The fourth-order valence-corrected chi connectivity index (χ4v) is 5.18. The van der Waals surface area contributed by atoms with Gasteiger partial charge < -0.3 is 41.3 Å². The summed E-state index contributed by atoms with van der Waals surface area (Å²) in [5, 5.41) is 20.2. The van der Waals surface area contributed by atoms with Crippen LogP contribution in [-0.4, -0.2) is 71.2 Å². The molecule has 1 saturated heterocycles. The highest BCUT2D eigenvalue weighted by Gasteiger charge is 2.42. The van der Waals surface area contributed by atoms with E-state index < -0.39 is 26.6 Å². The lowest BCUT2D eigenvalue weighted by molar-refractivity contribution is -0.0888. The second-order valence-corrected chi connectivity index (χ2v) is 10.3. The molecule has 0 radical (unpaired) electrons. The van der Waals surface area contributed by atoms with Crippen LogP contribution in [0.25, 0.3) is 11.0 Å². The van der Waals surface area contributed by atoms with E-state index in [2.05, 4.69) is 25.5 Å². The van der Waals surface area contributed by atoms with E-state index in [4.69, 9.17) is 32.7 Å². The van der Waals surface area contributed by atoms with E-state index >= 15 is 0 Å². The van der Waals surface area contributed by atoms with Crippen LogP contribution >= 0.6 is 20.0 Å². The van der Waals surface area contributed by atoms with Crippen LogP contribution < -0.4 is 16.9 Å². The second kappa shape index (κ2) is 10.8. The Kier molecular flexibility index (Phi) is 8.03. The summed E-state index contributed by atoms with van der Waals surface area (Å²) < 4.78 is 13.5. The van der Waals surface area contributed by atoms with Gasteiger partial charge in [-0.1, -0.05) is 12.8 Å². The van der Waals surface area contributed by atoms with Gasteiger partial charge in [-0.25, -0.2) is 4.68 Å². The molecule has 0 aromatic carbocycles. The topological polar surface area (TPSA) is 199 Å². The van der Waals surface area contributed by atoms with Crippen molar-refractivity contribution in [2.24, 2.45) is 16.7 Å². The van der Waals surface area contributed by atoms with E-state index in [0.29, 0.717) is 30.3 Å². The predicted octanol–water partition coefficient (Wildman–Crippen LogP) is 1.13. The van der Waals surface area contributed by atoms with Gasteiger partial charge in [-0.05, 0) is 37.3 Å². The van der Waals surface area contributed by atoms with Crippen LogP contribution in [0.2, 0.25) is 5.28 Å². The quantitative estimate of drug-likeness (QED) is 0.0660. The SMILES string of the molecule is N/N=C(\N)CC(CO)(OCC1CCC(n2ncc3c(NC4CCCC4)nc(Cl)nc32)O1)P(O)O. The first kappa shape index (κ1) is 25.2. The highest BCUT2D eigenvalue weighted by atomic mass is 35.5. The summed E-state index contributed by atoms with van der Waals surface area (Å²) in [6.45, 7) is -0.674. The Morgan fingerprint density at radius 1 is 1.32 bits per heavy atom. The van der Waals surface area contributed by atoms with Crippen molar-refractivity contribution < 1.29 is 24.4 Å². The minimum absolute atomic E-state index is 0.00169. The lowest BCUT2D eigenvalue weighted by Gasteiger charge is -2.33. The van der Waals surface area contributed by atoms with Crippen molar-refractivity contribution in [3.63, 3.8) is 0 Å². The van der Waals surface area contributed by atoms with E-state index in [1.807, 2.05) is 0 Å². The van der Waals surface area contributed by atoms with Crippen molar-refractivity contribution in [1.29, 1.82) is 0 Å². The van der Waals surface area contributed by atoms with Gasteiger partial charge in [0.15, 0.2) is 17.2 Å². The Bertz CT molecular complexity index is 1020. The van der Waals surface area contributed by atoms with E-state index in [1.54, 1.807) is 10.9 Å².